The summed E-state index contributed by atoms with van der Waals surface area (Å²) in [5, 5.41) is 9.67. The maximum Gasteiger partial charge on any atom is 0.242 e. The lowest BCUT2D eigenvalue weighted by Crippen LogP contribution is -1.89. The van der Waals surface area contributed by atoms with Gasteiger partial charge >= 0.3 is 0 Å². The number of hydrogen-bond acceptors (Lipinski definition) is 5. The summed E-state index contributed by atoms with van der Waals surface area (Å²) in [6.45, 7) is 0. The summed E-state index contributed by atoms with van der Waals surface area (Å²) >= 11 is 5.46. The largest absolute Gasteiger partial charge is 0.356 e. The van der Waals surface area contributed by atoms with E-state index in [9.17, 15) is 9.18 Å². The van der Waals surface area contributed by atoms with E-state index in [2.05, 4.69) is 25.5 Å². The van der Waals surface area contributed by atoms with Gasteiger partial charge in [-0.25, -0.2) is 4.39 Å². The van der Waals surface area contributed by atoms with Crippen molar-refractivity contribution in [1.82, 2.24) is 20.2 Å². The fraction of sp³-hybridized carbons (Fsp3) is 0.125. The fourth-order valence-corrected chi connectivity index (χ4v) is 1.98. The second kappa shape index (κ2) is 8.73. The molecule has 0 bridgehead atoms. The Kier molecular flexibility index (Phi) is 6.39. The van der Waals surface area contributed by atoms with Crippen LogP contribution in [0.2, 0.25) is 5.02 Å². The van der Waals surface area contributed by atoms with Crippen LogP contribution in [0.3, 0.4) is 0 Å². The minimum absolute atomic E-state index is 0.0596. The Morgan fingerprint density at radius 1 is 1.29 bits per heavy atom. The van der Waals surface area contributed by atoms with Crippen LogP contribution in [0.4, 0.5) is 10.3 Å². The number of nitrogens with one attached hydrogen (secondary N) is 2. The number of halogens is 2. The van der Waals surface area contributed by atoms with Crippen molar-refractivity contribution >= 4 is 23.8 Å². The van der Waals surface area contributed by atoms with Crippen LogP contribution < -0.4 is 5.32 Å². The monoisotopic (exact) mass is 347 g/mol. The highest BCUT2D eigenvalue weighted by molar-refractivity contribution is 6.30. The van der Waals surface area contributed by atoms with Crippen molar-refractivity contribution in [3.8, 4) is 11.4 Å². The molecule has 0 fully saturated rings. The van der Waals surface area contributed by atoms with E-state index >= 15 is 0 Å². The van der Waals surface area contributed by atoms with Crippen molar-refractivity contribution in [2.75, 3.05) is 12.4 Å². The van der Waals surface area contributed by atoms with Gasteiger partial charge in [-0.05, 0) is 29.8 Å². The minimum atomic E-state index is -0.457. The number of pyridine rings is 1. The molecule has 3 rings (SSSR count). The van der Waals surface area contributed by atoms with Gasteiger partial charge in [0.15, 0.2) is 5.82 Å². The van der Waals surface area contributed by atoms with Crippen molar-refractivity contribution in [3.63, 3.8) is 0 Å². The van der Waals surface area contributed by atoms with Gasteiger partial charge in [0.1, 0.15) is 12.1 Å². The van der Waals surface area contributed by atoms with Gasteiger partial charge in [-0.15, -0.1) is 5.10 Å². The number of anilines is 1. The lowest BCUT2D eigenvalue weighted by atomic mass is 10.2. The van der Waals surface area contributed by atoms with Gasteiger partial charge in [0.25, 0.3) is 0 Å². The second-order valence-corrected chi connectivity index (χ2v) is 5.02. The first kappa shape index (κ1) is 17.6. The summed E-state index contributed by atoms with van der Waals surface area (Å²) in [7, 11) is 1.78. The summed E-state index contributed by atoms with van der Waals surface area (Å²) < 4.78 is 12.5. The summed E-state index contributed by atoms with van der Waals surface area (Å²) in [6.07, 6.45) is 4.47. The number of aldehydes is 1. The number of H-pyrrole nitrogens is 1. The normalized spacial score (nSPS) is 9.79. The van der Waals surface area contributed by atoms with Crippen LogP contribution in [0.15, 0.2) is 42.7 Å². The molecule has 0 amide bonds. The Labute approximate surface area is 143 Å². The highest BCUT2D eigenvalue weighted by atomic mass is 35.5. The molecular weight excluding hydrogens is 333 g/mol. The van der Waals surface area contributed by atoms with Crippen molar-refractivity contribution < 1.29 is 9.18 Å². The number of rotatable bonds is 4. The van der Waals surface area contributed by atoms with Crippen molar-refractivity contribution in [2.24, 2.45) is 0 Å². The number of carbonyl (C=O) groups excluding carboxylic acids is 1. The fourth-order valence-electron chi connectivity index (χ4n) is 1.78. The van der Waals surface area contributed by atoms with E-state index in [1.165, 1.54) is 18.2 Å². The third-order valence-corrected chi connectivity index (χ3v) is 3.26. The van der Waals surface area contributed by atoms with Gasteiger partial charge < -0.3 is 10.1 Å². The Morgan fingerprint density at radius 3 is 2.62 bits per heavy atom. The van der Waals surface area contributed by atoms with Crippen molar-refractivity contribution in [3.05, 3.63) is 59.1 Å². The molecule has 3 aromatic rings. The molecule has 0 aliphatic carbocycles. The van der Waals surface area contributed by atoms with E-state index in [4.69, 9.17) is 11.6 Å². The average molecular weight is 348 g/mol. The Hall–Kier alpha value is -2.80. The van der Waals surface area contributed by atoms with Gasteiger partial charge in [0, 0.05) is 31.4 Å². The van der Waals surface area contributed by atoms with Gasteiger partial charge in [0.2, 0.25) is 5.95 Å². The first-order chi connectivity index (χ1) is 11.6. The second-order valence-electron chi connectivity index (χ2n) is 4.61. The Balaban J connectivity index is 0.000000177. The molecule has 0 aliphatic heterocycles. The predicted molar refractivity (Wildman–Crippen MR) is 90.3 cm³/mol. The highest BCUT2D eigenvalue weighted by Crippen LogP contribution is 2.15. The molecular formula is C16H15ClFN5O. The molecule has 0 saturated heterocycles. The number of aromatic nitrogens is 4. The van der Waals surface area contributed by atoms with E-state index in [-0.39, 0.29) is 11.4 Å². The zero-order valence-corrected chi connectivity index (χ0v) is 13.6. The molecule has 8 heteroatoms. The Morgan fingerprint density at radius 2 is 2.04 bits per heavy atom. The van der Waals surface area contributed by atoms with Gasteiger partial charge in [-0.2, -0.15) is 4.98 Å². The molecule has 0 aliphatic rings. The van der Waals surface area contributed by atoms with Gasteiger partial charge in [-0.1, -0.05) is 17.7 Å². The van der Waals surface area contributed by atoms with Crippen LogP contribution in [0, 0.1) is 5.82 Å². The molecule has 1 aromatic carbocycles. The van der Waals surface area contributed by atoms with Crippen LogP contribution in [-0.2, 0) is 11.2 Å². The minimum Gasteiger partial charge on any atom is -0.356 e. The maximum absolute atomic E-state index is 12.5. The molecule has 124 valence electrons. The number of benzene rings is 1. The predicted octanol–water partition coefficient (Wildman–Crippen LogP) is 3.13. The molecule has 0 unspecified atom stereocenters. The van der Waals surface area contributed by atoms with Crippen LogP contribution in [0.1, 0.15) is 5.56 Å². The van der Waals surface area contributed by atoms with Crippen LogP contribution >= 0.6 is 11.6 Å². The quantitative estimate of drug-likeness (QED) is 0.708. The van der Waals surface area contributed by atoms with E-state index in [1.807, 2.05) is 12.1 Å². The SMILES string of the molecule is CNc1n[nH]c(-c2ccncc2)n1.O=CCc1ccc(F)c(Cl)c1. The molecule has 24 heavy (non-hydrogen) atoms. The van der Waals surface area contributed by atoms with E-state index < -0.39 is 5.82 Å². The molecule has 0 spiro atoms. The van der Waals surface area contributed by atoms with E-state index in [0.29, 0.717) is 5.95 Å². The molecule has 6 nitrogen and oxygen atoms in total. The van der Waals surface area contributed by atoms with Crippen LogP contribution in [0.5, 0.6) is 0 Å². The third kappa shape index (κ3) is 4.85. The van der Waals surface area contributed by atoms with Gasteiger partial charge in [0.05, 0.1) is 5.02 Å². The first-order valence-corrected chi connectivity index (χ1v) is 7.40. The number of carbonyl (C=O) groups is 1. The summed E-state index contributed by atoms with van der Waals surface area (Å²) in [4.78, 5) is 18.1. The van der Waals surface area contributed by atoms with Crippen molar-refractivity contribution in [1.29, 1.82) is 0 Å². The molecule has 2 aromatic heterocycles. The molecule has 0 atom stereocenters. The smallest absolute Gasteiger partial charge is 0.242 e. The summed E-state index contributed by atoms with van der Waals surface area (Å²) in [5.74, 6) is 0.875. The van der Waals surface area contributed by atoms with Gasteiger partial charge in [-0.3, -0.25) is 10.1 Å². The number of hydrogen-bond donors (Lipinski definition) is 2. The molecule has 2 N–H and O–H groups in total. The maximum atomic E-state index is 12.5. The standard InChI is InChI=1S/C8H6ClFO.C8H9N5/c9-7-5-6(3-4-11)1-2-8(7)10;1-9-8-11-7(12-13-8)6-2-4-10-5-3-6/h1-2,4-5H,3H2;2-5H,1H3,(H2,9,11,12,13). The van der Waals surface area contributed by atoms with E-state index in [0.717, 1.165) is 23.2 Å². The number of nitrogens with zero attached hydrogens (tertiary/aromatic N) is 3. The zero-order valence-electron chi connectivity index (χ0n) is 12.8. The van der Waals surface area contributed by atoms with Crippen LogP contribution in [0.25, 0.3) is 11.4 Å². The molecule has 0 radical (unpaired) electrons. The topological polar surface area (TPSA) is 83.6 Å². The van der Waals surface area contributed by atoms with Crippen molar-refractivity contribution in [2.45, 2.75) is 6.42 Å². The summed E-state index contributed by atoms with van der Waals surface area (Å²) in [5.41, 5.74) is 1.70. The zero-order chi connectivity index (χ0) is 17.4. The average Bonchev–Trinajstić information content (AvgIpc) is 3.09. The number of aromatic amines is 1. The third-order valence-electron chi connectivity index (χ3n) is 2.97. The Bertz CT molecular complexity index is 794. The van der Waals surface area contributed by atoms with Crippen LogP contribution in [-0.4, -0.2) is 33.5 Å². The lowest BCUT2D eigenvalue weighted by molar-refractivity contribution is -0.107. The molecule has 0 saturated carbocycles. The first-order valence-electron chi connectivity index (χ1n) is 7.02. The van der Waals surface area contributed by atoms with E-state index in [1.54, 1.807) is 19.4 Å². The molecule has 2 heterocycles. The summed E-state index contributed by atoms with van der Waals surface area (Å²) in [6, 6.07) is 7.99. The lowest BCUT2D eigenvalue weighted by Gasteiger charge is -1.96. The highest BCUT2D eigenvalue weighted by Gasteiger charge is 2.02.